The molecule has 0 aliphatic rings. The third-order valence-electron chi connectivity index (χ3n) is 3.25. The lowest BCUT2D eigenvalue weighted by Crippen LogP contribution is -2.30. The molecule has 0 fully saturated rings. The molecule has 0 aromatic carbocycles. The van der Waals surface area contributed by atoms with E-state index in [4.69, 9.17) is 0 Å². The summed E-state index contributed by atoms with van der Waals surface area (Å²) in [4.78, 5) is 16.1. The van der Waals surface area contributed by atoms with E-state index >= 15 is 0 Å². The van der Waals surface area contributed by atoms with Crippen molar-refractivity contribution in [3.63, 3.8) is 0 Å². The molecule has 2 aromatic heterocycles. The van der Waals surface area contributed by atoms with Crippen LogP contribution >= 0.6 is 11.3 Å². The van der Waals surface area contributed by atoms with Crippen molar-refractivity contribution in [1.29, 1.82) is 0 Å². The molecular formula is C14H21N5OS. The van der Waals surface area contributed by atoms with Crippen LogP contribution in [0.2, 0.25) is 0 Å². The van der Waals surface area contributed by atoms with Crippen molar-refractivity contribution in [1.82, 2.24) is 25.5 Å². The zero-order valence-electron chi connectivity index (χ0n) is 13.0. The molecule has 2 heterocycles. The van der Waals surface area contributed by atoms with Crippen molar-refractivity contribution >= 4 is 17.2 Å². The third kappa shape index (κ3) is 3.66. The van der Waals surface area contributed by atoms with Crippen molar-refractivity contribution in [3.8, 4) is 0 Å². The molecule has 0 unspecified atom stereocenters. The minimum Gasteiger partial charge on any atom is -0.340 e. The fourth-order valence-electron chi connectivity index (χ4n) is 2.00. The first-order chi connectivity index (χ1) is 9.79. The predicted molar refractivity (Wildman–Crippen MR) is 82.6 cm³/mol. The van der Waals surface area contributed by atoms with Crippen molar-refractivity contribution in [2.24, 2.45) is 0 Å². The topological polar surface area (TPSA) is 74.8 Å². The first-order valence-corrected chi connectivity index (χ1v) is 7.70. The summed E-state index contributed by atoms with van der Waals surface area (Å²) in [5.41, 5.74) is 0.0691. The summed E-state index contributed by atoms with van der Waals surface area (Å²) in [7, 11) is 1.80. The fourth-order valence-corrected chi connectivity index (χ4v) is 3.06. The molecule has 1 N–H and O–H groups in total. The number of nitrogens with zero attached hydrogens (tertiary/aromatic N) is 4. The fraction of sp³-hybridized carbons (Fsp3) is 0.571. The van der Waals surface area contributed by atoms with Crippen LogP contribution in [0.4, 0.5) is 0 Å². The second kappa shape index (κ2) is 5.93. The number of rotatable bonds is 4. The zero-order chi connectivity index (χ0) is 15.6. The van der Waals surface area contributed by atoms with E-state index in [1.807, 2.05) is 19.1 Å². The Morgan fingerprint density at radius 1 is 1.43 bits per heavy atom. The van der Waals surface area contributed by atoms with Gasteiger partial charge in [0, 0.05) is 24.4 Å². The normalized spacial score (nSPS) is 13.2. The summed E-state index contributed by atoms with van der Waals surface area (Å²) < 4.78 is 0. The summed E-state index contributed by atoms with van der Waals surface area (Å²) in [6.45, 7) is 8.98. The van der Waals surface area contributed by atoms with E-state index in [1.165, 1.54) is 4.88 Å². The van der Waals surface area contributed by atoms with Gasteiger partial charge in [-0.15, -0.1) is 21.5 Å². The number of thiophene rings is 1. The van der Waals surface area contributed by atoms with E-state index in [2.05, 4.69) is 41.4 Å². The Bertz CT molecular complexity index is 599. The number of carbonyl (C=O) groups excluding carboxylic acids is 1. The van der Waals surface area contributed by atoms with Gasteiger partial charge in [0.1, 0.15) is 0 Å². The van der Waals surface area contributed by atoms with Crippen molar-refractivity contribution < 1.29 is 4.79 Å². The maximum Gasteiger partial charge on any atom is 0.263 e. The van der Waals surface area contributed by atoms with E-state index in [-0.39, 0.29) is 17.2 Å². The Labute approximate surface area is 128 Å². The van der Waals surface area contributed by atoms with E-state index < -0.39 is 0 Å². The van der Waals surface area contributed by atoms with Crippen LogP contribution in [0.1, 0.15) is 54.0 Å². The van der Waals surface area contributed by atoms with Crippen LogP contribution in [-0.2, 0) is 5.41 Å². The van der Waals surface area contributed by atoms with Crippen LogP contribution in [0.3, 0.4) is 0 Å². The van der Waals surface area contributed by atoms with Gasteiger partial charge in [-0.05, 0) is 17.5 Å². The molecule has 1 atom stereocenters. The molecule has 0 bridgehead atoms. The second-order valence-corrected chi connectivity index (χ2v) is 7.35. The smallest absolute Gasteiger partial charge is 0.263 e. The molecule has 7 heteroatoms. The molecule has 0 radical (unpaired) electrons. The Hall–Kier alpha value is -1.76. The van der Waals surface area contributed by atoms with Gasteiger partial charge in [-0.3, -0.25) is 4.79 Å². The monoisotopic (exact) mass is 307 g/mol. The lowest BCUT2D eigenvalue weighted by Gasteiger charge is -2.19. The molecule has 21 heavy (non-hydrogen) atoms. The lowest BCUT2D eigenvalue weighted by molar-refractivity contribution is 0.0792. The number of nitrogens with one attached hydrogen (secondary N) is 1. The molecule has 0 saturated carbocycles. The number of carbonyl (C=O) groups is 1. The Morgan fingerprint density at radius 3 is 2.67 bits per heavy atom. The molecule has 0 aliphatic carbocycles. The molecule has 0 saturated heterocycles. The highest BCUT2D eigenvalue weighted by Crippen LogP contribution is 2.30. The molecule has 2 aromatic rings. The standard InChI is InChI=1S/C14H21N5OS/c1-9(12-15-17-18-16-12)8-19(5)13(20)10-6-7-11(21-10)14(2,3)4/h6-7,9H,8H2,1-5H3,(H,15,16,17,18)/t9-/m0/s1. The van der Waals surface area contributed by atoms with E-state index in [0.717, 1.165) is 4.88 Å². The molecule has 114 valence electrons. The number of hydrogen-bond acceptors (Lipinski definition) is 5. The van der Waals surface area contributed by atoms with Gasteiger partial charge in [-0.25, -0.2) is 0 Å². The van der Waals surface area contributed by atoms with Crippen LogP contribution in [0.25, 0.3) is 0 Å². The van der Waals surface area contributed by atoms with Crippen LogP contribution in [0, 0.1) is 0 Å². The average Bonchev–Trinajstić information content (AvgIpc) is 3.08. The van der Waals surface area contributed by atoms with E-state index in [9.17, 15) is 4.79 Å². The van der Waals surface area contributed by atoms with Crippen LogP contribution in [0.5, 0.6) is 0 Å². The lowest BCUT2D eigenvalue weighted by atomic mass is 9.95. The SMILES string of the molecule is C[C@@H](CN(C)C(=O)c1ccc(C(C)(C)C)s1)c1nn[nH]n1. The second-order valence-electron chi connectivity index (χ2n) is 6.27. The molecule has 1 amide bonds. The van der Waals surface area contributed by atoms with Crippen molar-refractivity contribution in [2.45, 2.75) is 39.0 Å². The largest absolute Gasteiger partial charge is 0.340 e. The van der Waals surface area contributed by atoms with Gasteiger partial charge in [0.15, 0.2) is 5.82 Å². The van der Waals surface area contributed by atoms with Gasteiger partial charge in [-0.2, -0.15) is 5.21 Å². The van der Waals surface area contributed by atoms with E-state index in [0.29, 0.717) is 12.4 Å². The maximum atomic E-state index is 12.5. The number of amides is 1. The Kier molecular flexibility index (Phi) is 4.41. The first kappa shape index (κ1) is 15.6. The summed E-state index contributed by atoms with van der Waals surface area (Å²) in [6, 6.07) is 3.94. The highest BCUT2D eigenvalue weighted by atomic mass is 32.1. The van der Waals surface area contributed by atoms with Crippen LogP contribution < -0.4 is 0 Å². The predicted octanol–water partition coefficient (Wildman–Crippen LogP) is 2.43. The minimum absolute atomic E-state index is 0.0332. The van der Waals surface area contributed by atoms with Gasteiger partial charge >= 0.3 is 0 Å². The summed E-state index contributed by atoms with van der Waals surface area (Å²) in [5, 5.41) is 13.9. The highest BCUT2D eigenvalue weighted by molar-refractivity contribution is 7.14. The molecular weight excluding hydrogens is 286 g/mol. The maximum absolute atomic E-state index is 12.5. The van der Waals surface area contributed by atoms with Crippen LogP contribution in [0.15, 0.2) is 12.1 Å². The number of H-pyrrole nitrogens is 1. The average molecular weight is 307 g/mol. The highest BCUT2D eigenvalue weighted by Gasteiger charge is 2.22. The number of hydrogen-bond donors (Lipinski definition) is 1. The Balaban J connectivity index is 2.04. The number of aromatic nitrogens is 4. The van der Waals surface area contributed by atoms with E-state index in [1.54, 1.807) is 23.3 Å². The number of tetrazole rings is 1. The summed E-state index contributed by atoms with van der Waals surface area (Å²) >= 11 is 1.56. The third-order valence-corrected chi connectivity index (χ3v) is 4.75. The van der Waals surface area contributed by atoms with Crippen molar-refractivity contribution in [2.75, 3.05) is 13.6 Å². The quantitative estimate of drug-likeness (QED) is 0.941. The van der Waals surface area contributed by atoms with Gasteiger partial charge in [0.25, 0.3) is 5.91 Å². The van der Waals surface area contributed by atoms with Crippen molar-refractivity contribution in [3.05, 3.63) is 27.7 Å². The van der Waals surface area contributed by atoms with Gasteiger partial charge in [-0.1, -0.05) is 32.9 Å². The number of aromatic amines is 1. The Morgan fingerprint density at radius 2 is 2.14 bits per heavy atom. The molecule has 0 aliphatic heterocycles. The van der Waals surface area contributed by atoms with Crippen LogP contribution in [-0.4, -0.2) is 45.0 Å². The molecule has 2 rings (SSSR count). The summed E-state index contributed by atoms with van der Waals surface area (Å²) in [6.07, 6.45) is 0. The molecule has 0 spiro atoms. The van der Waals surface area contributed by atoms with Gasteiger partial charge in [0.2, 0.25) is 0 Å². The molecule has 6 nitrogen and oxygen atoms in total. The first-order valence-electron chi connectivity index (χ1n) is 6.88. The zero-order valence-corrected chi connectivity index (χ0v) is 13.9. The van der Waals surface area contributed by atoms with Gasteiger partial charge < -0.3 is 4.90 Å². The summed E-state index contributed by atoms with van der Waals surface area (Å²) in [5.74, 6) is 0.696. The van der Waals surface area contributed by atoms with Gasteiger partial charge in [0.05, 0.1) is 4.88 Å². The number of likely N-dealkylation sites (N-methyl/N-ethyl adjacent to an activating group) is 1. The minimum atomic E-state index is 0.0332.